The molecular formula is C14H11ClFN5. The van der Waals surface area contributed by atoms with Crippen molar-refractivity contribution in [2.45, 2.75) is 6.92 Å². The Kier molecular flexibility index (Phi) is 3.31. The first-order valence-electron chi connectivity index (χ1n) is 6.17. The predicted octanol–water partition coefficient (Wildman–Crippen LogP) is 3.01. The molecule has 7 heteroatoms. The number of anilines is 1. The lowest BCUT2D eigenvalue weighted by molar-refractivity contribution is 0.624. The second kappa shape index (κ2) is 5.14. The number of benzene rings is 2. The van der Waals surface area contributed by atoms with Crippen LogP contribution in [0.3, 0.4) is 0 Å². The average molecular weight is 304 g/mol. The van der Waals surface area contributed by atoms with E-state index in [9.17, 15) is 4.39 Å². The van der Waals surface area contributed by atoms with Gasteiger partial charge in [0.2, 0.25) is 0 Å². The Bertz CT molecular complexity index is 798. The average Bonchev–Trinajstić information content (AvgIpc) is 2.93. The molecule has 1 aromatic heterocycles. The molecule has 21 heavy (non-hydrogen) atoms. The molecule has 0 saturated carbocycles. The number of nitrogen functional groups attached to an aromatic ring is 1. The lowest BCUT2D eigenvalue weighted by Crippen LogP contribution is -2.03. The van der Waals surface area contributed by atoms with Gasteiger partial charge in [0, 0.05) is 5.56 Å². The van der Waals surface area contributed by atoms with Crippen LogP contribution in [-0.4, -0.2) is 20.2 Å². The standard InChI is InChI=1S/C14H11ClFN5/c1-8-5-6-9(16)7-12(8)21-14(18-19-20-21)10-3-2-4-11(17)13(10)15/h2-7H,17H2,1H3. The third-order valence-corrected chi connectivity index (χ3v) is 3.56. The van der Waals surface area contributed by atoms with Crippen LogP contribution < -0.4 is 5.73 Å². The van der Waals surface area contributed by atoms with Gasteiger partial charge in [-0.3, -0.25) is 0 Å². The highest BCUT2D eigenvalue weighted by Crippen LogP contribution is 2.32. The molecule has 3 aromatic rings. The molecule has 3 rings (SSSR count). The van der Waals surface area contributed by atoms with Crippen molar-refractivity contribution in [1.29, 1.82) is 0 Å². The number of halogens is 2. The van der Waals surface area contributed by atoms with Gasteiger partial charge in [-0.15, -0.1) is 5.10 Å². The summed E-state index contributed by atoms with van der Waals surface area (Å²) in [6, 6.07) is 9.62. The quantitative estimate of drug-likeness (QED) is 0.739. The summed E-state index contributed by atoms with van der Waals surface area (Å²) in [5.74, 6) is 0.0386. The van der Waals surface area contributed by atoms with Crippen LogP contribution in [0.5, 0.6) is 0 Å². The van der Waals surface area contributed by atoms with Crippen LogP contribution in [0.15, 0.2) is 36.4 Å². The minimum atomic E-state index is -0.365. The van der Waals surface area contributed by atoms with E-state index in [2.05, 4.69) is 15.5 Å². The van der Waals surface area contributed by atoms with Crippen molar-refractivity contribution in [3.63, 3.8) is 0 Å². The molecule has 0 amide bonds. The number of rotatable bonds is 2. The largest absolute Gasteiger partial charge is 0.398 e. The van der Waals surface area contributed by atoms with Gasteiger partial charge in [-0.25, -0.2) is 4.39 Å². The Balaban J connectivity index is 2.22. The fourth-order valence-corrected chi connectivity index (χ4v) is 2.26. The molecule has 0 saturated heterocycles. The van der Waals surface area contributed by atoms with Crippen molar-refractivity contribution in [3.05, 3.63) is 52.8 Å². The summed E-state index contributed by atoms with van der Waals surface area (Å²) in [5, 5.41) is 11.9. The van der Waals surface area contributed by atoms with Gasteiger partial charge < -0.3 is 5.73 Å². The van der Waals surface area contributed by atoms with Crippen molar-refractivity contribution >= 4 is 17.3 Å². The minimum Gasteiger partial charge on any atom is -0.398 e. The molecule has 0 unspecified atom stereocenters. The predicted molar refractivity (Wildman–Crippen MR) is 78.7 cm³/mol. The Morgan fingerprint density at radius 3 is 2.86 bits per heavy atom. The minimum absolute atomic E-state index is 0.364. The summed E-state index contributed by atoms with van der Waals surface area (Å²) in [4.78, 5) is 0. The maximum atomic E-state index is 13.5. The summed E-state index contributed by atoms with van der Waals surface area (Å²) >= 11 is 6.21. The van der Waals surface area contributed by atoms with Gasteiger partial charge in [0.15, 0.2) is 5.82 Å². The van der Waals surface area contributed by atoms with E-state index in [1.165, 1.54) is 16.8 Å². The number of nitrogens with two attached hydrogens (primary N) is 1. The smallest absolute Gasteiger partial charge is 0.188 e. The second-order valence-corrected chi connectivity index (χ2v) is 4.93. The molecule has 0 bridgehead atoms. The Hall–Kier alpha value is -2.47. The van der Waals surface area contributed by atoms with Crippen LogP contribution in [0.2, 0.25) is 5.02 Å². The highest BCUT2D eigenvalue weighted by Gasteiger charge is 2.16. The number of nitrogens with zero attached hydrogens (tertiary/aromatic N) is 4. The van der Waals surface area contributed by atoms with E-state index in [0.29, 0.717) is 27.8 Å². The third kappa shape index (κ3) is 2.34. The van der Waals surface area contributed by atoms with E-state index < -0.39 is 0 Å². The molecule has 0 radical (unpaired) electrons. The molecule has 0 aliphatic heterocycles. The van der Waals surface area contributed by atoms with Crippen LogP contribution >= 0.6 is 11.6 Å². The normalized spacial score (nSPS) is 10.8. The Morgan fingerprint density at radius 2 is 2.05 bits per heavy atom. The van der Waals surface area contributed by atoms with Gasteiger partial charge in [-0.1, -0.05) is 23.7 Å². The monoisotopic (exact) mass is 303 g/mol. The Morgan fingerprint density at radius 1 is 1.24 bits per heavy atom. The lowest BCUT2D eigenvalue weighted by atomic mass is 10.1. The van der Waals surface area contributed by atoms with E-state index in [4.69, 9.17) is 17.3 Å². The summed E-state index contributed by atoms with van der Waals surface area (Å²) in [7, 11) is 0. The van der Waals surface area contributed by atoms with Crippen LogP contribution in [0.25, 0.3) is 17.1 Å². The highest BCUT2D eigenvalue weighted by atomic mass is 35.5. The zero-order valence-electron chi connectivity index (χ0n) is 11.1. The van der Waals surface area contributed by atoms with E-state index in [-0.39, 0.29) is 5.82 Å². The van der Waals surface area contributed by atoms with Crippen molar-refractivity contribution in [2.24, 2.45) is 0 Å². The van der Waals surface area contributed by atoms with Crippen LogP contribution in [-0.2, 0) is 0 Å². The molecule has 0 fully saturated rings. The zero-order valence-corrected chi connectivity index (χ0v) is 11.8. The summed E-state index contributed by atoms with van der Waals surface area (Å²) < 4.78 is 14.9. The fraction of sp³-hybridized carbons (Fsp3) is 0.0714. The molecule has 2 aromatic carbocycles. The van der Waals surface area contributed by atoms with Crippen LogP contribution in [0.4, 0.5) is 10.1 Å². The molecule has 5 nitrogen and oxygen atoms in total. The number of hydrogen-bond donors (Lipinski definition) is 1. The first-order valence-corrected chi connectivity index (χ1v) is 6.55. The molecule has 106 valence electrons. The van der Waals surface area contributed by atoms with Crippen LogP contribution in [0, 0.1) is 12.7 Å². The Labute approximate surface area is 125 Å². The number of tetrazole rings is 1. The van der Waals surface area contributed by atoms with Crippen molar-refractivity contribution in [3.8, 4) is 17.1 Å². The SMILES string of the molecule is Cc1ccc(F)cc1-n1nnnc1-c1cccc(N)c1Cl. The molecule has 0 aliphatic rings. The van der Waals surface area contributed by atoms with Gasteiger partial charge in [0.25, 0.3) is 0 Å². The molecular weight excluding hydrogens is 293 g/mol. The van der Waals surface area contributed by atoms with E-state index in [0.717, 1.165) is 5.56 Å². The van der Waals surface area contributed by atoms with Crippen LogP contribution in [0.1, 0.15) is 5.56 Å². The molecule has 0 aliphatic carbocycles. The van der Waals surface area contributed by atoms with E-state index in [1.807, 2.05) is 6.92 Å². The van der Waals surface area contributed by atoms with E-state index >= 15 is 0 Å². The number of aromatic nitrogens is 4. The molecule has 0 spiro atoms. The van der Waals surface area contributed by atoms with E-state index in [1.54, 1.807) is 24.3 Å². The molecule has 1 heterocycles. The number of hydrogen-bond acceptors (Lipinski definition) is 4. The van der Waals surface area contributed by atoms with Crippen molar-refractivity contribution < 1.29 is 4.39 Å². The topological polar surface area (TPSA) is 69.6 Å². The maximum Gasteiger partial charge on any atom is 0.188 e. The van der Waals surface area contributed by atoms with Gasteiger partial charge in [0.1, 0.15) is 5.82 Å². The third-order valence-electron chi connectivity index (χ3n) is 3.14. The first kappa shape index (κ1) is 13.5. The van der Waals surface area contributed by atoms with Gasteiger partial charge in [0.05, 0.1) is 16.4 Å². The fourth-order valence-electron chi connectivity index (χ4n) is 2.05. The van der Waals surface area contributed by atoms with Gasteiger partial charge in [-0.05, 0) is 47.2 Å². The zero-order chi connectivity index (χ0) is 15.0. The summed E-state index contributed by atoms with van der Waals surface area (Å²) in [5.41, 5.74) is 8.21. The first-order chi connectivity index (χ1) is 10.1. The van der Waals surface area contributed by atoms with Crippen molar-refractivity contribution in [2.75, 3.05) is 5.73 Å². The number of aryl methyl sites for hydroxylation is 1. The van der Waals surface area contributed by atoms with Gasteiger partial charge >= 0.3 is 0 Å². The highest BCUT2D eigenvalue weighted by molar-refractivity contribution is 6.35. The summed E-state index contributed by atoms with van der Waals surface area (Å²) in [6.07, 6.45) is 0. The lowest BCUT2D eigenvalue weighted by Gasteiger charge is -2.09. The maximum absolute atomic E-state index is 13.5. The molecule has 2 N–H and O–H groups in total. The van der Waals surface area contributed by atoms with Crippen molar-refractivity contribution in [1.82, 2.24) is 20.2 Å². The second-order valence-electron chi connectivity index (χ2n) is 4.55. The summed E-state index contributed by atoms with van der Waals surface area (Å²) in [6.45, 7) is 1.85. The molecule has 0 atom stereocenters. The van der Waals surface area contributed by atoms with Gasteiger partial charge in [-0.2, -0.15) is 4.68 Å².